The molecule has 1 aliphatic rings. The van der Waals surface area contributed by atoms with E-state index in [-0.39, 0.29) is 24.0 Å². The second-order valence-electron chi connectivity index (χ2n) is 5.22. The standard InChI is InChI=1S/C14H23FN2O4/c1-4-8(5-2)21-13-11(15)9(14(19)20)6-10(16)12(13)17-7(3)18/h8,10,12-13H,4-6,16H2,1-3H3,(H,17,18)(H,19,20)/t10-,12+,13+/m0/s1. The van der Waals surface area contributed by atoms with Crippen LogP contribution in [0.15, 0.2) is 11.4 Å². The van der Waals surface area contributed by atoms with Crippen LogP contribution >= 0.6 is 0 Å². The summed E-state index contributed by atoms with van der Waals surface area (Å²) in [5, 5.41) is 11.6. The van der Waals surface area contributed by atoms with Gasteiger partial charge >= 0.3 is 5.97 Å². The van der Waals surface area contributed by atoms with E-state index in [2.05, 4.69) is 5.32 Å². The summed E-state index contributed by atoms with van der Waals surface area (Å²) in [6, 6.07) is -1.48. The maximum Gasteiger partial charge on any atom is 0.334 e. The molecule has 0 radical (unpaired) electrons. The third-order valence-electron chi connectivity index (χ3n) is 3.64. The van der Waals surface area contributed by atoms with E-state index in [4.69, 9.17) is 15.6 Å². The zero-order chi connectivity index (χ0) is 16.2. The molecule has 0 saturated heterocycles. The number of hydrogen-bond donors (Lipinski definition) is 3. The van der Waals surface area contributed by atoms with Crippen LogP contribution in [0.5, 0.6) is 0 Å². The molecule has 1 rings (SSSR count). The minimum atomic E-state index is -1.35. The maximum atomic E-state index is 14.4. The Kier molecular flexibility index (Phi) is 6.29. The van der Waals surface area contributed by atoms with Crippen molar-refractivity contribution in [3.05, 3.63) is 11.4 Å². The summed E-state index contributed by atoms with van der Waals surface area (Å²) in [4.78, 5) is 22.4. The summed E-state index contributed by atoms with van der Waals surface area (Å²) in [5.74, 6) is -2.56. The van der Waals surface area contributed by atoms with Crippen molar-refractivity contribution in [2.24, 2.45) is 5.73 Å². The van der Waals surface area contributed by atoms with E-state index in [0.717, 1.165) is 0 Å². The number of carboxylic acid groups (broad SMARTS) is 1. The Morgan fingerprint density at radius 2 is 2.05 bits per heavy atom. The Labute approximate surface area is 123 Å². The van der Waals surface area contributed by atoms with Crippen LogP contribution < -0.4 is 11.1 Å². The van der Waals surface area contributed by atoms with Crippen molar-refractivity contribution < 1.29 is 23.8 Å². The molecule has 6 nitrogen and oxygen atoms in total. The number of carboxylic acids is 1. The van der Waals surface area contributed by atoms with E-state index in [1.165, 1.54) is 6.92 Å². The molecule has 1 aliphatic carbocycles. The Balaban J connectivity index is 3.12. The summed E-state index contributed by atoms with van der Waals surface area (Å²) in [6.45, 7) is 5.09. The number of hydrogen-bond acceptors (Lipinski definition) is 4. The number of halogens is 1. The monoisotopic (exact) mass is 302 g/mol. The summed E-state index contributed by atoms with van der Waals surface area (Å²) in [6.07, 6.45) is -0.212. The second kappa shape index (κ2) is 7.51. The SMILES string of the molecule is CCC(CC)O[C@@H]1C(F)=C(C(=O)O)C[C@H](N)[C@H]1NC(C)=O. The van der Waals surface area contributed by atoms with Gasteiger partial charge in [0.15, 0.2) is 0 Å². The van der Waals surface area contributed by atoms with Gasteiger partial charge in [0.25, 0.3) is 0 Å². The van der Waals surface area contributed by atoms with Gasteiger partial charge in [-0.15, -0.1) is 0 Å². The minimum absolute atomic E-state index is 0.144. The first-order valence-corrected chi connectivity index (χ1v) is 7.11. The zero-order valence-corrected chi connectivity index (χ0v) is 12.6. The van der Waals surface area contributed by atoms with Crippen molar-refractivity contribution in [1.29, 1.82) is 0 Å². The van der Waals surface area contributed by atoms with Crippen LogP contribution in [0.3, 0.4) is 0 Å². The molecule has 0 aromatic rings. The highest BCUT2D eigenvalue weighted by Crippen LogP contribution is 2.30. The number of amides is 1. The fraction of sp³-hybridized carbons (Fsp3) is 0.714. The number of rotatable bonds is 6. The molecular weight excluding hydrogens is 279 g/mol. The first-order valence-electron chi connectivity index (χ1n) is 7.11. The van der Waals surface area contributed by atoms with E-state index < -0.39 is 30.0 Å². The number of aliphatic carboxylic acids is 1. The molecule has 0 aromatic carbocycles. The highest BCUT2D eigenvalue weighted by molar-refractivity contribution is 5.88. The average Bonchev–Trinajstić information content (AvgIpc) is 2.41. The molecule has 0 aliphatic heterocycles. The zero-order valence-electron chi connectivity index (χ0n) is 12.6. The molecule has 4 N–H and O–H groups in total. The molecule has 7 heteroatoms. The van der Waals surface area contributed by atoms with E-state index >= 15 is 0 Å². The van der Waals surface area contributed by atoms with Crippen molar-refractivity contribution in [2.45, 2.75) is 64.3 Å². The van der Waals surface area contributed by atoms with Gasteiger partial charge in [0, 0.05) is 13.0 Å². The molecule has 0 saturated carbocycles. The van der Waals surface area contributed by atoms with Crippen LogP contribution in [0, 0.1) is 0 Å². The third-order valence-corrected chi connectivity index (χ3v) is 3.64. The molecule has 120 valence electrons. The van der Waals surface area contributed by atoms with E-state index in [1.807, 2.05) is 13.8 Å². The molecule has 0 fully saturated rings. The van der Waals surface area contributed by atoms with Crippen molar-refractivity contribution in [3.63, 3.8) is 0 Å². The van der Waals surface area contributed by atoms with Gasteiger partial charge in [-0.05, 0) is 19.3 Å². The second-order valence-corrected chi connectivity index (χ2v) is 5.22. The number of nitrogens with two attached hydrogens (primary N) is 1. The first-order chi connectivity index (χ1) is 9.81. The number of carbonyl (C=O) groups excluding carboxylic acids is 1. The number of ether oxygens (including phenoxy) is 1. The summed E-state index contributed by atoms with van der Waals surface area (Å²) >= 11 is 0. The molecule has 0 aromatic heterocycles. The lowest BCUT2D eigenvalue weighted by Crippen LogP contribution is -2.58. The fourth-order valence-corrected chi connectivity index (χ4v) is 2.45. The van der Waals surface area contributed by atoms with Crippen LogP contribution in [-0.4, -0.2) is 41.3 Å². The number of carbonyl (C=O) groups is 2. The molecule has 0 heterocycles. The van der Waals surface area contributed by atoms with Crippen LogP contribution in [0.2, 0.25) is 0 Å². The average molecular weight is 302 g/mol. The molecule has 0 spiro atoms. The van der Waals surface area contributed by atoms with Gasteiger partial charge in [0.2, 0.25) is 5.91 Å². The van der Waals surface area contributed by atoms with Crippen LogP contribution in [0.4, 0.5) is 4.39 Å². The van der Waals surface area contributed by atoms with E-state index in [9.17, 15) is 14.0 Å². The lowest BCUT2D eigenvalue weighted by atomic mass is 9.87. The van der Waals surface area contributed by atoms with Crippen LogP contribution in [-0.2, 0) is 14.3 Å². The largest absolute Gasteiger partial charge is 0.478 e. The van der Waals surface area contributed by atoms with Gasteiger partial charge in [0.05, 0.1) is 17.7 Å². The fourth-order valence-electron chi connectivity index (χ4n) is 2.45. The lowest BCUT2D eigenvalue weighted by Gasteiger charge is -2.37. The molecule has 0 unspecified atom stereocenters. The van der Waals surface area contributed by atoms with E-state index in [0.29, 0.717) is 12.8 Å². The topological polar surface area (TPSA) is 102 Å². The first kappa shape index (κ1) is 17.6. The summed E-state index contributed by atoms with van der Waals surface area (Å²) < 4.78 is 20.1. The quantitative estimate of drug-likeness (QED) is 0.682. The number of nitrogens with one attached hydrogen (secondary N) is 1. The Morgan fingerprint density at radius 3 is 2.48 bits per heavy atom. The third kappa shape index (κ3) is 4.25. The van der Waals surface area contributed by atoms with Crippen molar-refractivity contribution in [3.8, 4) is 0 Å². The molecule has 0 bridgehead atoms. The molecule has 21 heavy (non-hydrogen) atoms. The van der Waals surface area contributed by atoms with E-state index in [1.54, 1.807) is 0 Å². The molecular formula is C14H23FN2O4. The van der Waals surface area contributed by atoms with Gasteiger partial charge in [-0.2, -0.15) is 0 Å². The highest BCUT2D eigenvalue weighted by atomic mass is 19.1. The molecule has 3 atom stereocenters. The summed E-state index contributed by atoms with van der Waals surface area (Å²) in [7, 11) is 0. The van der Waals surface area contributed by atoms with Gasteiger partial charge in [-0.1, -0.05) is 13.8 Å². The van der Waals surface area contributed by atoms with Crippen LogP contribution in [0.25, 0.3) is 0 Å². The predicted octanol–water partition coefficient (Wildman–Crippen LogP) is 1.10. The summed E-state index contributed by atoms with van der Waals surface area (Å²) in [5.41, 5.74) is 5.53. The predicted molar refractivity (Wildman–Crippen MR) is 75.2 cm³/mol. The van der Waals surface area contributed by atoms with Gasteiger partial charge in [0.1, 0.15) is 11.9 Å². The van der Waals surface area contributed by atoms with Crippen molar-refractivity contribution in [1.82, 2.24) is 5.32 Å². The van der Waals surface area contributed by atoms with Crippen LogP contribution in [0.1, 0.15) is 40.0 Å². The van der Waals surface area contributed by atoms with Gasteiger partial charge < -0.3 is 20.9 Å². The highest BCUT2D eigenvalue weighted by Gasteiger charge is 2.41. The smallest absolute Gasteiger partial charge is 0.334 e. The maximum absolute atomic E-state index is 14.4. The normalized spacial score (nSPS) is 26.1. The van der Waals surface area contributed by atoms with Crippen molar-refractivity contribution in [2.75, 3.05) is 0 Å². The lowest BCUT2D eigenvalue weighted by molar-refractivity contribution is -0.133. The Hall–Kier alpha value is -1.47. The van der Waals surface area contributed by atoms with Gasteiger partial charge in [-0.3, -0.25) is 4.79 Å². The van der Waals surface area contributed by atoms with Crippen molar-refractivity contribution >= 4 is 11.9 Å². The Bertz CT molecular complexity index is 435. The Morgan fingerprint density at radius 1 is 1.48 bits per heavy atom. The minimum Gasteiger partial charge on any atom is -0.478 e. The van der Waals surface area contributed by atoms with Gasteiger partial charge in [-0.25, -0.2) is 9.18 Å². The molecule has 1 amide bonds.